The summed E-state index contributed by atoms with van der Waals surface area (Å²) in [5, 5.41) is 11.7. The van der Waals surface area contributed by atoms with E-state index in [9.17, 15) is 18.0 Å². The number of halogens is 3. The Morgan fingerprint density at radius 1 is 1.24 bits per heavy atom. The molecule has 0 bridgehead atoms. The molecule has 0 aliphatic carbocycles. The molecular weight excluding hydrogens is 373 g/mol. The fourth-order valence-electron chi connectivity index (χ4n) is 1.90. The number of alkyl halides is 3. The first-order valence-corrected chi connectivity index (χ1v) is 8.84. The number of hydrogen-bond acceptors (Lipinski definition) is 5. The predicted octanol–water partition coefficient (Wildman–Crippen LogP) is 4.28. The Kier molecular flexibility index (Phi) is 5.09. The van der Waals surface area contributed by atoms with Crippen LogP contribution in [0, 0.1) is 0 Å². The Balaban J connectivity index is 1.53. The Hall–Kier alpha value is -2.33. The molecule has 2 heterocycles. The number of amides is 1. The standard InChI is InChI=1S/C15H11F3N4OS2/c16-15(17,18)9-3-5-10(6-4-9)19-12(23)8-25-14-20-13(21-22-14)11-2-1-7-24-11/h1-7H,8H2,(H,19,23)(H,20,21,22). The highest BCUT2D eigenvalue weighted by molar-refractivity contribution is 7.99. The van der Waals surface area contributed by atoms with Gasteiger partial charge >= 0.3 is 6.18 Å². The molecule has 10 heteroatoms. The molecule has 3 rings (SSSR count). The second-order valence-corrected chi connectivity index (χ2v) is 6.75. The molecule has 2 aromatic heterocycles. The smallest absolute Gasteiger partial charge is 0.325 e. The summed E-state index contributed by atoms with van der Waals surface area (Å²) in [4.78, 5) is 17.1. The van der Waals surface area contributed by atoms with Crippen molar-refractivity contribution < 1.29 is 18.0 Å². The summed E-state index contributed by atoms with van der Waals surface area (Å²) in [5.41, 5.74) is -0.463. The highest BCUT2D eigenvalue weighted by Crippen LogP contribution is 2.30. The molecule has 0 aliphatic rings. The summed E-state index contributed by atoms with van der Waals surface area (Å²) >= 11 is 2.65. The zero-order chi connectivity index (χ0) is 17.9. The number of thiophene rings is 1. The normalized spacial score (nSPS) is 11.5. The second-order valence-electron chi connectivity index (χ2n) is 4.86. The van der Waals surface area contributed by atoms with Gasteiger partial charge in [-0.05, 0) is 35.7 Å². The van der Waals surface area contributed by atoms with Crippen LogP contribution in [0.2, 0.25) is 0 Å². The summed E-state index contributed by atoms with van der Waals surface area (Å²) in [5.74, 6) is 0.316. The van der Waals surface area contributed by atoms with Crippen LogP contribution in [0.25, 0.3) is 10.7 Å². The number of nitrogens with zero attached hydrogens (tertiary/aromatic N) is 2. The number of aromatic nitrogens is 3. The van der Waals surface area contributed by atoms with Crippen LogP contribution in [0.15, 0.2) is 46.9 Å². The lowest BCUT2D eigenvalue weighted by molar-refractivity contribution is -0.137. The van der Waals surface area contributed by atoms with E-state index >= 15 is 0 Å². The lowest BCUT2D eigenvalue weighted by Gasteiger charge is -2.08. The molecule has 0 unspecified atom stereocenters. The summed E-state index contributed by atoms with van der Waals surface area (Å²) in [6.45, 7) is 0. The van der Waals surface area contributed by atoms with Gasteiger partial charge in [-0.3, -0.25) is 9.89 Å². The third kappa shape index (κ3) is 4.60. The van der Waals surface area contributed by atoms with Crippen molar-refractivity contribution >= 4 is 34.7 Å². The number of benzene rings is 1. The molecule has 1 aromatic carbocycles. The molecule has 25 heavy (non-hydrogen) atoms. The minimum atomic E-state index is -4.40. The number of anilines is 1. The highest BCUT2D eigenvalue weighted by atomic mass is 32.2. The van der Waals surface area contributed by atoms with Crippen LogP contribution in [-0.2, 0) is 11.0 Å². The Morgan fingerprint density at radius 3 is 2.64 bits per heavy atom. The first-order valence-electron chi connectivity index (χ1n) is 6.98. The maximum Gasteiger partial charge on any atom is 0.416 e. The molecule has 130 valence electrons. The minimum absolute atomic E-state index is 0.0444. The molecule has 0 fully saturated rings. The van der Waals surface area contributed by atoms with Crippen molar-refractivity contribution in [2.24, 2.45) is 0 Å². The number of H-pyrrole nitrogens is 1. The summed E-state index contributed by atoms with van der Waals surface area (Å²) in [7, 11) is 0. The predicted molar refractivity (Wildman–Crippen MR) is 90.5 cm³/mol. The Bertz CT molecular complexity index is 845. The average Bonchev–Trinajstić information content (AvgIpc) is 3.24. The molecule has 0 spiro atoms. The van der Waals surface area contributed by atoms with Crippen LogP contribution in [0.4, 0.5) is 18.9 Å². The van der Waals surface area contributed by atoms with Crippen LogP contribution in [-0.4, -0.2) is 26.8 Å². The largest absolute Gasteiger partial charge is 0.416 e. The number of nitrogens with one attached hydrogen (secondary N) is 2. The van der Waals surface area contributed by atoms with E-state index in [1.165, 1.54) is 23.5 Å². The fourth-order valence-corrected chi connectivity index (χ4v) is 3.17. The summed E-state index contributed by atoms with van der Waals surface area (Å²) in [6, 6.07) is 8.07. The van der Waals surface area contributed by atoms with Crippen molar-refractivity contribution in [1.82, 2.24) is 15.2 Å². The Morgan fingerprint density at radius 2 is 2.00 bits per heavy atom. The third-order valence-electron chi connectivity index (χ3n) is 3.05. The zero-order valence-electron chi connectivity index (χ0n) is 12.5. The molecule has 0 radical (unpaired) electrons. The van der Waals surface area contributed by atoms with Crippen molar-refractivity contribution in [1.29, 1.82) is 0 Å². The summed E-state index contributed by atoms with van der Waals surface area (Å²) in [6.07, 6.45) is -4.40. The lowest BCUT2D eigenvalue weighted by atomic mass is 10.2. The van der Waals surface area contributed by atoms with E-state index in [2.05, 4.69) is 20.5 Å². The second kappa shape index (κ2) is 7.28. The van der Waals surface area contributed by atoms with Gasteiger partial charge in [-0.2, -0.15) is 13.2 Å². The van der Waals surface area contributed by atoms with Crippen molar-refractivity contribution in [3.63, 3.8) is 0 Å². The molecule has 0 atom stereocenters. The van der Waals surface area contributed by atoms with E-state index in [4.69, 9.17) is 0 Å². The first kappa shape index (κ1) is 17.5. The minimum Gasteiger partial charge on any atom is -0.325 e. The number of aromatic amines is 1. The average molecular weight is 384 g/mol. The highest BCUT2D eigenvalue weighted by Gasteiger charge is 2.29. The SMILES string of the molecule is O=C(CSc1n[nH]c(-c2cccs2)n1)Nc1ccc(C(F)(F)F)cc1. The third-order valence-corrected chi connectivity index (χ3v) is 4.77. The number of thioether (sulfide) groups is 1. The van der Waals surface area contributed by atoms with Gasteiger partial charge in [-0.25, -0.2) is 4.98 Å². The fraction of sp³-hybridized carbons (Fsp3) is 0.133. The molecule has 0 aliphatic heterocycles. The van der Waals surface area contributed by atoms with Crippen molar-refractivity contribution in [2.75, 3.05) is 11.1 Å². The maximum atomic E-state index is 12.5. The van der Waals surface area contributed by atoms with Crippen LogP contribution in [0.3, 0.4) is 0 Å². The van der Waals surface area contributed by atoms with Crippen molar-refractivity contribution in [2.45, 2.75) is 11.3 Å². The Labute approximate surface area is 148 Å². The molecule has 0 saturated carbocycles. The number of rotatable bonds is 5. The van der Waals surface area contributed by atoms with Gasteiger partial charge in [0.05, 0.1) is 16.2 Å². The molecule has 2 N–H and O–H groups in total. The van der Waals surface area contributed by atoms with E-state index < -0.39 is 11.7 Å². The maximum absolute atomic E-state index is 12.5. The van der Waals surface area contributed by atoms with Gasteiger partial charge in [0.1, 0.15) is 0 Å². The van der Waals surface area contributed by atoms with Crippen LogP contribution < -0.4 is 5.32 Å². The number of carbonyl (C=O) groups is 1. The molecule has 0 saturated heterocycles. The first-order chi connectivity index (χ1) is 11.9. The van der Waals surface area contributed by atoms with E-state index in [1.807, 2.05) is 17.5 Å². The van der Waals surface area contributed by atoms with Gasteiger partial charge < -0.3 is 5.32 Å². The van der Waals surface area contributed by atoms with E-state index in [0.29, 0.717) is 16.7 Å². The zero-order valence-corrected chi connectivity index (χ0v) is 14.1. The molecule has 3 aromatic rings. The molecular formula is C15H11F3N4OS2. The lowest BCUT2D eigenvalue weighted by Crippen LogP contribution is -2.14. The van der Waals surface area contributed by atoms with Crippen LogP contribution >= 0.6 is 23.1 Å². The summed E-state index contributed by atoms with van der Waals surface area (Å²) < 4.78 is 37.5. The van der Waals surface area contributed by atoms with Crippen molar-refractivity contribution in [3.8, 4) is 10.7 Å². The van der Waals surface area contributed by atoms with Gasteiger partial charge in [0, 0.05) is 5.69 Å². The van der Waals surface area contributed by atoms with Gasteiger partial charge in [-0.15, -0.1) is 16.4 Å². The van der Waals surface area contributed by atoms with Crippen molar-refractivity contribution in [3.05, 3.63) is 47.3 Å². The molecule has 5 nitrogen and oxygen atoms in total. The molecule has 1 amide bonds. The van der Waals surface area contributed by atoms with E-state index in [0.717, 1.165) is 28.8 Å². The number of carbonyl (C=O) groups excluding carboxylic acids is 1. The quantitative estimate of drug-likeness (QED) is 0.644. The van der Waals surface area contributed by atoms with Gasteiger partial charge in [0.25, 0.3) is 0 Å². The number of hydrogen-bond donors (Lipinski definition) is 2. The van der Waals surface area contributed by atoms with Crippen LogP contribution in [0.1, 0.15) is 5.56 Å². The monoisotopic (exact) mass is 384 g/mol. The van der Waals surface area contributed by atoms with Crippen LogP contribution in [0.5, 0.6) is 0 Å². The van der Waals surface area contributed by atoms with E-state index in [-0.39, 0.29) is 11.7 Å². The van der Waals surface area contributed by atoms with Gasteiger partial charge in [0.15, 0.2) is 5.82 Å². The van der Waals surface area contributed by atoms with Gasteiger partial charge in [-0.1, -0.05) is 17.8 Å². The topological polar surface area (TPSA) is 70.7 Å². The van der Waals surface area contributed by atoms with E-state index in [1.54, 1.807) is 0 Å². The van der Waals surface area contributed by atoms with Gasteiger partial charge in [0.2, 0.25) is 11.1 Å².